The number of halogens is 1. The van der Waals surface area contributed by atoms with Gasteiger partial charge in [-0.15, -0.1) is 0 Å². The van der Waals surface area contributed by atoms with Crippen LogP contribution in [0.3, 0.4) is 0 Å². The average molecular weight is 390 g/mol. The van der Waals surface area contributed by atoms with Gasteiger partial charge >= 0.3 is 5.97 Å². The maximum absolute atomic E-state index is 12.2. The third-order valence-corrected chi connectivity index (χ3v) is 4.00. The number of nitrogens with one attached hydrogen (secondary N) is 1. The quantitative estimate of drug-likeness (QED) is 0.622. The van der Waals surface area contributed by atoms with Gasteiger partial charge in [0.15, 0.2) is 11.9 Å². The standard InChI is InChI=1S/C18H16BrNO4/c1-11(21)13-7-4-6-10-16(13)20-17(22)12(2)24-18(23)14-8-3-5-9-15(14)19/h3-10,12H,1-2H3,(H,20,22). The minimum absolute atomic E-state index is 0.163. The molecule has 1 N–H and O–H groups in total. The van der Waals surface area contributed by atoms with Crippen LogP contribution in [0, 0.1) is 0 Å². The number of esters is 1. The van der Waals surface area contributed by atoms with E-state index in [4.69, 9.17) is 4.74 Å². The van der Waals surface area contributed by atoms with Crippen LogP contribution >= 0.6 is 15.9 Å². The van der Waals surface area contributed by atoms with E-state index in [1.54, 1.807) is 48.5 Å². The topological polar surface area (TPSA) is 72.5 Å². The summed E-state index contributed by atoms with van der Waals surface area (Å²) >= 11 is 3.26. The van der Waals surface area contributed by atoms with Gasteiger partial charge < -0.3 is 10.1 Å². The van der Waals surface area contributed by atoms with Gasteiger partial charge in [0.25, 0.3) is 5.91 Å². The van der Waals surface area contributed by atoms with Crippen molar-refractivity contribution in [1.82, 2.24) is 0 Å². The molecule has 0 aliphatic carbocycles. The largest absolute Gasteiger partial charge is 0.449 e. The normalized spacial score (nSPS) is 11.5. The van der Waals surface area contributed by atoms with Crippen LogP contribution in [-0.4, -0.2) is 23.8 Å². The molecule has 2 aromatic rings. The number of benzene rings is 2. The second-order valence-corrected chi connectivity index (χ2v) is 5.97. The number of hydrogen-bond acceptors (Lipinski definition) is 4. The molecule has 1 atom stereocenters. The van der Waals surface area contributed by atoms with Crippen LogP contribution in [-0.2, 0) is 9.53 Å². The highest BCUT2D eigenvalue weighted by molar-refractivity contribution is 9.10. The Labute approximate surface area is 148 Å². The summed E-state index contributed by atoms with van der Waals surface area (Å²) in [5, 5.41) is 2.61. The van der Waals surface area contributed by atoms with Crippen molar-refractivity contribution >= 4 is 39.3 Å². The Balaban J connectivity index is 2.07. The zero-order valence-corrected chi connectivity index (χ0v) is 14.8. The van der Waals surface area contributed by atoms with E-state index in [-0.39, 0.29) is 5.78 Å². The molecule has 6 heteroatoms. The fourth-order valence-corrected chi connectivity index (χ4v) is 2.48. The Morgan fingerprint density at radius 2 is 1.58 bits per heavy atom. The van der Waals surface area contributed by atoms with Crippen molar-refractivity contribution in [3.8, 4) is 0 Å². The van der Waals surface area contributed by atoms with Gasteiger partial charge in [-0.05, 0) is 54.0 Å². The summed E-state index contributed by atoms with van der Waals surface area (Å²) in [6.45, 7) is 2.89. The van der Waals surface area contributed by atoms with Crippen LogP contribution in [0.4, 0.5) is 5.69 Å². The summed E-state index contributed by atoms with van der Waals surface area (Å²) in [7, 11) is 0. The van der Waals surface area contributed by atoms with E-state index in [0.717, 1.165) is 0 Å². The summed E-state index contributed by atoms with van der Waals surface area (Å²) in [5.74, 6) is -1.28. The van der Waals surface area contributed by atoms with Gasteiger partial charge in [0.2, 0.25) is 0 Å². The van der Waals surface area contributed by atoms with E-state index >= 15 is 0 Å². The molecular weight excluding hydrogens is 374 g/mol. The summed E-state index contributed by atoms with van der Waals surface area (Å²) in [6.07, 6.45) is -1.01. The molecular formula is C18H16BrNO4. The number of carbonyl (C=O) groups is 3. The van der Waals surface area contributed by atoms with Crippen LogP contribution < -0.4 is 5.32 Å². The van der Waals surface area contributed by atoms with Gasteiger partial charge in [0.1, 0.15) is 0 Å². The first-order chi connectivity index (χ1) is 11.4. The Hall–Kier alpha value is -2.47. The van der Waals surface area contributed by atoms with Gasteiger partial charge in [-0.2, -0.15) is 0 Å². The minimum Gasteiger partial charge on any atom is -0.449 e. The van der Waals surface area contributed by atoms with Crippen molar-refractivity contribution in [3.05, 3.63) is 64.1 Å². The van der Waals surface area contributed by atoms with Crippen molar-refractivity contribution in [3.63, 3.8) is 0 Å². The molecule has 1 unspecified atom stereocenters. The lowest BCUT2D eigenvalue weighted by Gasteiger charge is -2.15. The van der Waals surface area contributed by atoms with Gasteiger partial charge in [-0.1, -0.05) is 24.3 Å². The van der Waals surface area contributed by atoms with Crippen molar-refractivity contribution in [2.24, 2.45) is 0 Å². The highest BCUT2D eigenvalue weighted by atomic mass is 79.9. The molecule has 0 heterocycles. The van der Waals surface area contributed by atoms with E-state index < -0.39 is 18.0 Å². The molecule has 24 heavy (non-hydrogen) atoms. The van der Waals surface area contributed by atoms with Crippen LogP contribution in [0.5, 0.6) is 0 Å². The van der Waals surface area contributed by atoms with E-state index in [9.17, 15) is 14.4 Å². The molecule has 1 amide bonds. The van der Waals surface area contributed by atoms with E-state index in [1.807, 2.05) is 0 Å². The maximum Gasteiger partial charge on any atom is 0.340 e. The second-order valence-electron chi connectivity index (χ2n) is 5.12. The third kappa shape index (κ3) is 4.29. The van der Waals surface area contributed by atoms with Crippen LogP contribution in [0.15, 0.2) is 53.0 Å². The summed E-state index contributed by atoms with van der Waals surface area (Å²) in [5.41, 5.74) is 1.12. The molecule has 0 spiro atoms. The Kier molecular flexibility index (Phi) is 5.87. The Morgan fingerprint density at radius 1 is 1.00 bits per heavy atom. The van der Waals surface area contributed by atoms with Crippen LogP contribution in [0.2, 0.25) is 0 Å². The van der Waals surface area contributed by atoms with Crippen LogP contribution in [0.1, 0.15) is 34.6 Å². The zero-order valence-electron chi connectivity index (χ0n) is 13.2. The van der Waals surface area contributed by atoms with Crippen LogP contribution in [0.25, 0.3) is 0 Å². The lowest BCUT2D eigenvalue weighted by Crippen LogP contribution is -2.30. The Morgan fingerprint density at radius 3 is 2.21 bits per heavy atom. The molecule has 5 nitrogen and oxygen atoms in total. The molecule has 0 saturated carbocycles. The van der Waals surface area contributed by atoms with Gasteiger partial charge in [-0.25, -0.2) is 4.79 Å². The molecule has 0 radical (unpaired) electrons. The fourth-order valence-electron chi connectivity index (χ4n) is 2.04. The number of carbonyl (C=O) groups excluding carboxylic acids is 3. The number of rotatable bonds is 5. The summed E-state index contributed by atoms with van der Waals surface area (Å²) in [4.78, 5) is 35.9. The number of ether oxygens (including phenoxy) is 1. The lowest BCUT2D eigenvalue weighted by molar-refractivity contribution is -0.123. The van der Waals surface area contributed by atoms with E-state index in [2.05, 4.69) is 21.2 Å². The van der Waals surface area contributed by atoms with Crippen molar-refractivity contribution in [2.45, 2.75) is 20.0 Å². The molecule has 0 saturated heterocycles. The number of ketones is 1. The molecule has 0 aromatic heterocycles. The molecule has 2 rings (SSSR count). The average Bonchev–Trinajstić information content (AvgIpc) is 2.55. The van der Waals surface area contributed by atoms with Crippen molar-refractivity contribution in [1.29, 1.82) is 0 Å². The van der Waals surface area contributed by atoms with Crippen molar-refractivity contribution in [2.75, 3.05) is 5.32 Å². The van der Waals surface area contributed by atoms with Gasteiger partial charge in [0.05, 0.1) is 11.3 Å². The highest BCUT2D eigenvalue weighted by Gasteiger charge is 2.21. The SMILES string of the molecule is CC(=O)c1ccccc1NC(=O)C(C)OC(=O)c1ccccc1Br. The second kappa shape index (κ2) is 7.88. The summed E-state index contributed by atoms with van der Waals surface area (Å²) < 4.78 is 5.77. The van der Waals surface area contributed by atoms with Gasteiger partial charge in [0, 0.05) is 10.0 Å². The molecule has 124 valence electrons. The first kappa shape index (κ1) is 17.9. The van der Waals surface area contributed by atoms with E-state index in [0.29, 0.717) is 21.3 Å². The predicted octanol–water partition coefficient (Wildman–Crippen LogP) is 3.84. The predicted molar refractivity (Wildman–Crippen MR) is 94.1 cm³/mol. The molecule has 0 bridgehead atoms. The molecule has 0 aliphatic rings. The van der Waals surface area contributed by atoms with Crippen molar-refractivity contribution < 1.29 is 19.1 Å². The molecule has 0 aliphatic heterocycles. The number of anilines is 1. The highest BCUT2D eigenvalue weighted by Crippen LogP contribution is 2.19. The first-order valence-corrected chi connectivity index (χ1v) is 8.05. The van der Waals surface area contributed by atoms with E-state index in [1.165, 1.54) is 13.8 Å². The number of amides is 1. The summed E-state index contributed by atoms with van der Waals surface area (Å²) in [6, 6.07) is 13.5. The smallest absolute Gasteiger partial charge is 0.340 e. The monoisotopic (exact) mass is 389 g/mol. The Bertz CT molecular complexity index is 788. The minimum atomic E-state index is -1.01. The molecule has 0 fully saturated rings. The number of hydrogen-bond donors (Lipinski definition) is 1. The fraction of sp³-hybridized carbons (Fsp3) is 0.167. The number of para-hydroxylation sites is 1. The maximum atomic E-state index is 12.2. The first-order valence-electron chi connectivity index (χ1n) is 7.26. The lowest BCUT2D eigenvalue weighted by atomic mass is 10.1. The third-order valence-electron chi connectivity index (χ3n) is 3.31. The number of Topliss-reactive ketones (excluding diaryl/α,β-unsaturated/α-hetero) is 1. The molecule has 2 aromatic carbocycles. The zero-order chi connectivity index (χ0) is 17.7. The van der Waals surface area contributed by atoms with Gasteiger partial charge in [-0.3, -0.25) is 9.59 Å².